The Kier molecular flexibility index (Phi) is 2.80. The third-order valence-corrected chi connectivity index (χ3v) is 3.82. The number of hydrogen-bond acceptors (Lipinski definition) is 3. The number of hydrogen-bond donors (Lipinski definition) is 0. The fourth-order valence-electron chi connectivity index (χ4n) is 1.83. The van der Waals surface area contributed by atoms with E-state index < -0.39 is 0 Å². The summed E-state index contributed by atoms with van der Waals surface area (Å²) >= 11 is 1.67. The lowest BCUT2D eigenvalue weighted by molar-refractivity contribution is 0.868. The standard InChI is InChI=1S/C14H13N3S/c1-10-15-12-8-9-13(16-14(12)17(10)2)18-11-6-4-3-5-7-11/h3-9H,1-2H3. The first kappa shape index (κ1) is 11.3. The SMILES string of the molecule is Cc1nc2ccc(Sc3ccccc3)nc2n1C. The van der Waals surface area contributed by atoms with Crippen molar-refractivity contribution in [1.82, 2.24) is 14.5 Å². The highest BCUT2D eigenvalue weighted by atomic mass is 32.2. The first-order valence-electron chi connectivity index (χ1n) is 5.77. The second-order valence-electron chi connectivity index (χ2n) is 4.13. The maximum absolute atomic E-state index is 4.65. The summed E-state index contributed by atoms with van der Waals surface area (Å²) < 4.78 is 2.02. The van der Waals surface area contributed by atoms with Crippen LogP contribution < -0.4 is 0 Å². The van der Waals surface area contributed by atoms with Crippen molar-refractivity contribution in [2.75, 3.05) is 0 Å². The van der Waals surface area contributed by atoms with E-state index in [0.717, 1.165) is 22.0 Å². The summed E-state index contributed by atoms with van der Waals surface area (Å²) in [7, 11) is 1.99. The monoisotopic (exact) mass is 255 g/mol. The quantitative estimate of drug-likeness (QED) is 0.703. The zero-order valence-electron chi connectivity index (χ0n) is 10.3. The average Bonchev–Trinajstić information content (AvgIpc) is 2.67. The molecule has 0 N–H and O–H groups in total. The summed E-state index contributed by atoms with van der Waals surface area (Å²) in [4.78, 5) is 10.3. The average molecular weight is 255 g/mol. The van der Waals surface area contributed by atoms with Crippen molar-refractivity contribution in [2.24, 2.45) is 7.05 Å². The molecule has 0 fully saturated rings. The fraction of sp³-hybridized carbons (Fsp3) is 0.143. The Morgan fingerprint density at radius 2 is 1.78 bits per heavy atom. The molecule has 0 unspecified atom stereocenters. The second kappa shape index (κ2) is 4.46. The Morgan fingerprint density at radius 1 is 1.00 bits per heavy atom. The van der Waals surface area contributed by atoms with Crippen molar-refractivity contribution in [1.29, 1.82) is 0 Å². The van der Waals surface area contributed by atoms with Crippen molar-refractivity contribution in [2.45, 2.75) is 16.8 Å². The van der Waals surface area contributed by atoms with Gasteiger partial charge in [0.15, 0.2) is 5.65 Å². The summed E-state index contributed by atoms with van der Waals surface area (Å²) in [5.41, 5.74) is 1.89. The zero-order valence-corrected chi connectivity index (χ0v) is 11.1. The molecular weight excluding hydrogens is 242 g/mol. The number of fused-ring (bicyclic) bond motifs is 1. The van der Waals surface area contributed by atoms with Gasteiger partial charge in [0.1, 0.15) is 16.4 Å². The molecule has 3 aromatic rings. The van der Waals surface area contributed by atoms with E-state index in [2.05, 4.69) is 22.1 Å². The molecule has 0 radical (unpaired) electrons. The van der Waals surface area contributed by atoms with E-state index >= 15 is 0 Å². The van der Waals surface area contributed by atoms with Crippen molar-refractivity contribution < 1.29 is 0 Å². The minimum absolute atomic E-state index is 0.938. The van der Waals surface area contributed by atoms with E-state index in [1.165, 1.54) is 4.90 Å². The van der Waals surface area contributed by atoms with Gasteiger partial charge in [0.25, 0.3) is 0 Å². The van der Waals surface area contributed by atoms with Crippen molar-refractivity contribution in [3.8, 4) is 0 Å². The normalized spacial score (nSPS) is 11.0. The zero-order chi connectivity index (χ0) is 12.5. The molecule has 0 aliphatic heterocycles. The lowest BCUT2D eigenvalue weighted by Gasteiger charge is -2.01. The predicted molar refractivity (Wildman–Crippen MR) is 73.8 cm³/mol. The molecular formula is C14H13N3S. The highest BCUT2D eigenvalue weighted by Gasteiger charge is 2.07. The maximum Gasteiger partial charge on any atom is 0.161 e. The number of pyridine rings is 1. The third-order valence-electron chi connectivity index (χ3n) is 2.88. The van der Waals surface area contributed by atoms with Gasteiger partial charge in [0, 0.05) is 11.9 Å². The molecule has 1 aromatic carbocycles. The van der Waals surface area contributed by atoms with Gasteiger partial charge in [-0.25, -0.2) is 9.97 Å². The van der Waals surface area contributed by atoms with Crippen molar-refractivity contribution in [3.05, 3.63) is 48.3 Å². The molecule has 0 amide bonds. The van der Waals surface area contributed by atoms with Crippen LogP contribution in [0.2, 0.25) is 0 Å². The number of nitrogens with zero attached hydrogens (tertiary/aromatic N) is 3. The van der Waals surface area contributed by atoms with Gasteiger partial charge in [-0.3, -0.25) is 0 Å². The van der Waals surface area contributed by atoms with E-state index in [-0.39, 0.29) is 0 Å². The number of rotatable bonds is 2. The minimum atomic E-state index is 0.938. The highest BCUT2D eigenvalue weighted by molar-refractivity contribution is 7.99. The van der Waals surface area contributed by atoms with E-state index in [4.69, 9.17) is 0 Å². The van der Waals surface area contributed by atoms with Crippen molar-refractivity contribution in [3.63, 3.8) is 0 Å². The van der Waals surface area contributed by atoms with Gasteiger partial charge in [-0.15, -0.1) is 0 Å². The number of benzene rings is 1. The molecule has 2 heterocycles. The molecule has 18 heavy (non-hydrogen) atoms. The number of aromatic nitrogens is 3. The molecule has 3 rings (SSSR count). The van der Waals surface area contributed by atoms with Gasteiger partial charge < -0.3 is 4.57 Å². The largest absolute Gasteiger partial charge is 0.316 e. The number of imidazole rings is 1. The topological polar surface area (TPSA) is 30.7 Å². The van der Waals surface area contributed by atoms with Crippen LogP contribution in [0.3, 0.4) is 0 Å². The Labute approximate surface area is 110 Å². The van der Waals surface area contributed by atoms with Gasteiger partial charge in [-0.2, -0.15) is 0 Å². The molecule has 0 bridgehead atoms. The van der Waals surface area contributed by atoms with Crippen LogP contribution in [0.25, 0.3) is 11.2 Å². The van der Waals surface area contributed by atoms with Gasteiger partial charge >= 0.3 is 0 Å². The van der Waals surface area contributed by atoms with Gasteiger partial charge in [-0.1, -0.05) is 30.0 Å². The van der Waals surface area contributed by atoms with Crippen LogP contribution >= 0.6 is 11.8 Å². The first-order chi connectivity index (χ1) is 8.74. The maximum atomic E-state index is 4.65. The van der Waals surface area contributed by atoms with E-state index in [1.807, 2.05) is 48.9 Å². The number of aryl methyl sites for hydroxylation is 2. The summed E-state index contributed by atoms with van der Waals surface area (Å²) in [5, 5.41) is 0.997. The summed E-state index contributed by atoms with van der Waals surface area (Å²) in [6, 6.07) is 14.3. The lowest BCUT2D eigenvalue weighted by atomic mass is 10.4. The predicted octanol–water partition coefficient (Wildman–Crippen LogP) is 3.43. The van der Waals surface area contributed by atoms with Crippen LogP contribution in [-0.2, 0) is 7.05 Å². The lowest BCUT2D eigenvalue weighted by Crippen LogP contribution is -1.92. The molecule has 2 aromatic heterocycles. The molecule has 4 heteroatoms. The van der Waals surface area contributed by atoms with E-state index in [1.54, 1.807) is 11.8 Å². The van der Waals surface area contributed by atoms with Crippen LogP contribution in [-0.4, -0.2) is 14.5 Å². The summed E-state index contributed by atoms with van der Waals surface area (Å²) in [6.45, 7) is 1.99. The van der Waals surface area contributed by atoms with Crippen LogP contribution in [0, 0.1) is 6.92 Å². The van der Waals surface area contributed by atoms with Gasteiger partial charge in [0.05, 0.1) is 0 Å². The summed E-state index contributed by atoms with van der Waals surface area (Å²) in [6.07, 6.45) is 0. The molecule has 0 aliphatic rings. The van der Waals surface area contributed by atoms with Crippen LogP contribution in [0.5, 0.6) is 0 Å². The Bertz CT molecular complexity index is 689. The van der Waals surface area contributed by atoms with Crippen LogP contribution in [0.1, 0.15) is 5.82 Å². The highest BCUT2D eigenvalue weighted by Crippen LogP contribution is 2.27. The van der Waals surface area contributed by atoms with E-state index in [9.17, 15) is 0 Å². The van der Waals surface area contributed by atoms with Crippen LogP contribution in [0.15, 0.2) is 52.4 Å². The Balaban J connectivity index is 2.01. The summed E-state index contributed by atoms with van der Waals surface area (Å²) in [5.74, 6) is 0.986. The Hall–Kier alpha value is -1.81. The molecule has 0 atom stereocenters. The molecule has 0 spiro atoms. The van der Waals surface area contributed by atoms with Gasteiger partial charge in [-0.05, 0) is 31.2 Å². The molecule has 90 valence electrons. The molecule has 0 saturated carbocycles. The van der Waals surface area contributed by atoms with Crippen molar-refractivity contribution >= 4 is 22.9 Å². The van der Waals surface area contributed by atoms with E-state index in [0.29, 0.717) is 0 Å². The smallest absolute Gasteiger partial charge is 0.161 e. The van der Waals surface area contributed by atoms with Gasteiger partial charge in [0.2, 0.25) is 0 Å². The third kappa shape index (κ3) is 1.99. The second-order valence-corrected chi connectivity index (χ2v) is 5.22. The molecule has 0 saturated heterocycles. The first-order valence-corrected chi connectivity index (χ1v) is 6.58. The molecule has 3 nitrogen and oxygen atoms in total. The fourth-order valence-corrected chi connectivity index (χ4v) is 2.63. The molecule has 0 aliphatic carbocycles. The minimum Gasteiger partial charge on any atom is -0.316 e. The van der Waals surface area contributed by atoms with Crippen LogP contribution in [0.4, 0.5) is 0 Å². The Morgan fingerprint density at radius 3 is 2.56 bits per heavy atom.